The minimum atomic E-state index is -0.750. The molecule has 0 spiro atoms. The fraction of sp³-hybridized carbons (Fsp3) is 0.522. The highest BCUT2D eigenvalue weighted by molar-refractivity contribution is 5.82. The summed E-state index contributed by atoms with van der Waals surface area (Å²) < 4.78 is 6.10. The molecule has 1 saturated heterocycles. The molecule has 2 aliphatic heterocycles. The highest BCUT2D eigenvalue weighted by Gasteiger charge is 2.32. The highest BCUT2D eigenvalue weighted by Crippen LogP contribution is 2.41. The number of ether oxygens (including phenoxy) is 1. The molecule has 144 valence electrons. The van der Waals surface area contributed by atoms with Crippen molar-refractivity contribution in [2.24, 2.45) is 5.92 Å². The van der Waals surface area contributed by atoms with E-state index >= 15 is 0 Å². The molecule has 0 bridgehead atoms. The van der Waals surface area contributed by atoms with Gasteiger partial charge in [0.15, 0.2) is 0 Å². The fourth-order valence-corrected chi connectivity index (χ4v) is 4.29. The number of nitrogens with zero attached hydrogens (tertiary/aromatic N) is 2. The van der Waals surface area contributed by atoms with Crippen LogP contribution in [0.5, 0.6) is 0 Å². The molecule has 0 aromatic carbocycles. The van der Waals surface area contributed by atoms with Crippen LogP contribution in [0.3, 0.4) is 0 Å². The number of likely N-dealkylation sites (tertiary alicyclic amines) is 1. The number of fused-ring (bicyclic) bond motifs is 1. The maximum Gasteiger partial charge on any atom is 0.131 e. The normalized spacial score (nSPS) is 24.6. The zero-order valence-electron chi connectivity index (χ0n) is 16.4. The van der Waals surface area contributed by atoms with Crippen molar-refractivity contribution in [2.45, 2.75) is 51.7 Å². The van der Waals surface area contributed by atoms with Gasteiger partial charge in [-0.15, -0.1) is 0 Å². The molecule has 1 aromatic heterocycles. The second-order valence-electron chi connectivity index (χ2n) is 8.41. The standard InChI is InChI=1S/C23H30N2O2/c1-23(2,26)17-9-10-22-20(15-17)18(8-6-14-25-12-3-4-13-25)19-7-5-11-24-21(19)16-27-22/h5,7-11,17,26H,3-4,6,12-16H2,1-2H3/b18-8+. The number of aromatic nitrogens is 1. The van der Waals surface area contributed by atoms with Gasteiger partial charge < -0.3 is 14.7 Å². The van der Waals surface area contributed by atoms with E-state index in [9.17, 15) is 5.11 Å². The number of hydrogen-bond donors (Lipinski definition) is 1. The summed E-state index contributed by atoms with van der Waals surface area (Å²) >= 11 is 0. The Morgan fingerprint density at radius 2 is 2.15 bits per heavy atom. The minimum Gasteiger partial charge on any atom is -0.487 e. The Hall–Kier alpha value is -1.91. The van der Waals surface area contributed by atoms with Crippen LogP contribution < -0.4 is 0 Å². The molecule has 1 aliphatic carbocycles. The van der Waals surface area contributed by atoms with Crippen molar-refractivity contribution in [3.63, 3.8) is 0 Å². The van der Waals surface area contributed by atoms with Crippen LogP contribution in [0.1, 0.15) is 50.8 Å². The topological polar surface area (TPSA) is 45.6 Å². The first-order valence-corrected chi connectivity index (χ1v) is 10.2. The Kier molecular flexibility index (Phi) is 5.20. The molecule has 1 atom stereocenters. The molecular weight excluding hydrogens is 336 g/mol. The molecule has 1 fully saturated rings. The summed E-state index contributed by atoms with van der Waals surface area (Å²) in [5.41, 5.74) is 3.86. The van der Waals surface area contributed by atoms with E-state index in [-0.39, 0.29) is 5.92 Å². The van der Waals surface area contributed by atoms with Crippen LogP contribution in [0.25, 0.3) is 5.57 Å². The molecule has 27 heavy (non-hydrogen) atoms. The summed E-state index contributed by atoms with van der Waals surface area (Å²) in [6.07, 6.45) is 12.8. The molecule has 0 radical (unpaired) electrons. The first-order chi connectivity index (χ1) is 13.0. The van der Waals surface area contributed by atoms with E-state index in [0.29, 0.717) is 6.61 Å². The van der Waals surface area contributed by atoms with Crippen LogP contribution in [0.15, 0.2) is 47.9 Å². The molecule has 4 nitrogen and oxygen atoms in total. The van der Waals surface area contributed by atoms with E-state index < -0.39 is 5.60 Å². The summed E-state index contributed by atoms with van der Waals surface area (Å²) in [5, 5.41) is 10.6. The number of allylic oxidation sites excluding steroid dienone is 3. The number of aliphatic hydroxyl groups is 1. The van der Waals surface area contributed by atoms with Crippen LogP contribution in [0.2, 0.25) is 0 Å². The van der Waals surface area contributed by atoms with Gasteiger partial charge in [-0.25, -0.2) is 0 Å². The average molecular weight is 367 g/mol. The number of hydrogen-bond acceptors (Lipinski definition) is 4. The maximum atomic E-state index is 10.6. The maximum absolute atomic E-state index is 10.6. The van der Waals surface area contributed by atoms with Crippen LogP contribution in [-0.4, -0.2) is 40.2 Å². The Bertz CT molecular complexity index is 780. The van der Waals surface area contributed by atoms with Crippen molar-refractivity contribution in [1.29, 1.82) is 0 Å². The van der Waals surface area contributed by atoms with Gasteiger partial charge in [-0.05, 0) is 70.3 Å². The van der Waals surface area contributed by atoms with Gasteiger partial charge in [0, 0.05) is 29.8 Å². The van der Waals surface area contributed by atoms with Crippen molar-refractivity contribution >= 4 is 5.57 Å². The lowest BCUT2D eigenvalue weighted by atomic mass is 9.78. The molecule has 3 aliphatic rings. The highest BCUT2D eigenvalue weighted by atomic mass is 16.5. The average Bonchev–Trinajstić information content (AvgIpc) is 3.11. The Labute approximate surface area is 162 Å². The smallest absolute Gasteiger partial charge is 0.131 e. The largest absolute Gasteiger partial charge is 0.487 e. The molecule has 3 heterocycles. The molecule has 1 aromatic rings. The van der Waals surface area contributed by atoms with E-state index in [0.717, 1.165) is 30.8 Å². The lowest BCUT2D eigenvalue weighted by molar-refractivity contribution is 0.0358. The summed E-state index contributed by atoms with van der Waals surface area (Å²) in [6, 6.07) is 4.16. The van der Waals surface area contributed by atoms with Crippen LogP contribution in [-0.2, 0) is 11.3 Å². The Balaban J connectivity index is 1.66. The second kappa shape index (κ2) is 7.61. The quantitative estimate of drug-likeness (QED) is 0.872. The van der Waals surface area contributed by atoms with Crippen LogP contribution >= 0.6 is 0 Å². The van der Waals surface area contributed by atoms with Gasteiger partial charge in [0.1, 0.15) is 12.4 Å². The van der Waals surface area contributed by atoms with Crippen molar-refractivity contribution in [3.05, 3.63) is 59.1 Å². The van der Waals surface area contributed by atoms with Crippen LogP contribution in [0.4, 0.5) is 0 Å². The molecular formula is C23H30N2O2. The molecule has 0 saturated carbocycles. The lowest BCUT2D eigenvalue weighted by Crippen LogP contribution is -2.31. The van der Waals surface area contributed by atoms with Gasteiger partial charge in [-0.3, -0.25) is 4.98 Å². The lowest BCUT2D eigenvalue weighted by Gasteiger charge is -2.31. The first kappa shape index (κ1) is 18.5. The summed E-state index contributed by atoms with van der Waals surface area (Å²) in [4.78, 5) is 7.11. The Morgan fingerprint density at radius 1 is 1.33 bits per heavy atom. The SMILES string of the molecule is CC(C)(O)C1C=CC2=C(C1)/C(=C/CCN1CCCC1)c1cccnc1CO2. The predicted octanol–water partition coefficient (Wildman–Crippen LogP) is 4.08. The van der Waals surface area contributed by atoms with E-state index in [4.69, 9.17) is 4.74 Å². The molecule has 1 N–H and O–H groups in total. The fourth-order valence-electron chi connectivity index (χ4n) is 4.29. The van der Waals surface area contributed by atoms with E-state index in [1.165, 1.54) is 42.6 Å². The third kappa shape index (κ3) is 4.02. The zero-order valence-corrected chi connectivity index (χ0v) is 16.4. The summed E-state index contributed by atoms with van der Waals surface area (Å²) in [7, 11) is 0. The van der Waals surface area contributed by atoms with Gasteiger partial charge in [0.25, 0.3) is 0 Å². The summed E-state index contributed by atoms with van der Waals surface area (Å²) in [6.45, 7) is 7.82. The third-order valence-electron chi connectivity index (χ3n) is 5.97. The van der Waals surface area contributed by atoms with Crippen molar-refractivity contribution in [1.82, 2.24) is 9.88 Å². The first-order valence-electron chi connectivity index (χ1n) is 10.2. The minimum absolute atomic E-state index is 0.0834. The number of rotatable bonds is 4. The Morgan fingerprint density at radius 3 is 2.93 bits per heavy atom. The molecule has 4 rings (SSSR count). The van der Waals surface area contributed by atoms with Gasteiger partial charge >= 0.3 is 0 Å². The van der Waals surface area contributed by atoms with Gasteiger partial charge in [-0.1, -0.05) is 18.2 Å². The number of pyridine rings is 1. The molecule has 1 unspecified atom stereocenters. The van der Waals surface area contributed by atoms with E-state index in [2.05, 4.69) is 28.1 Å². The predicted molar refractivity (Wildman–Crippen MR) is 108 cm³/mol. The zero-order chi connectivity index (χ0) is 18.9. The van der Waals surface area contributed by atoms with Gasteiger partial charge in [0.2, 0.25) is 0 Å². The monoisotopic (exact) mass is 366 g/mol. The molecule has 0 amide bonds. The van der Waals surface area contributed by atoms with Crippen LogP contribution in [0, 0.1) is 5.92 Å². The van der Waals surface area contributed by atoms with Gasteiger partial charge in [0.05, 0.1) is 11.3 Å². The summed E-state index contributed by atoms with van der Waals surface area (Å²) in [5.74, 6) is 1.01. The third-order valence-corrected chi connectivity index (χ3v) is 5.97. The van der Waals surface area contributed by atoms with Crippen molar-refractivity contribution in [3.8, 4) is 0 Å². The van der Waals surface area contributed by atoms with Gasteiger partial charge in [-0.2, -0.15) is 0 Å². The second-order valence-corrected chi connectivity index (χ2v) is 8.41. The van der Waals surface area contributed by atoms with Crippen molar-refractivity contribution in [2.75, 3.05) is 19.6 Å². The van der Waals surface area contributed by atoms with E-state index in [1.807, 2.05) is 32.2 Å². The van der Waals surface area contributed by atoms with E-state index in [1.54, 1.807) is 0 Å². The molecule has 4 heteroatoms. The van der Waals surface area contributed by atoms with Crippen molar-refractivity contribution < 1.29 is 9.84 Å².